The van der Waals surface area contributed by atoms with Crippen LogP contribution in [0.5, 0.6) is 0 Å². The van der Waals surface area contributed by atoms with Crippen molar-refractivity contribution in [1.29, 1.82) is 0 Å². The van der Waals surface area contributed by atoms with E-state index in [0.29, 0.717) is 25.2 Å². The molecule has 82 valence electrons. The lowest BCUT2D eigenvalue weighted by atomic mass is 9.95. The minimum absolute atomic E-state index is 0.138. The molecule has 0 N–H and O–H groups in total. The predicted molar refractivity (Wildman–Crippen MR) is 51.5 cm³/mol. The van der Waals surface area contributed by atoms with Crippen molar-refractivity contribution in [2.45, 2.75) is 25.9 Å². The summed E-state index contributed by atoms with van der Waals surface area (Å²) in [5, 5.41) is 0. The van der Waals surface area contributed by atoms with E-state index in [4.69, 9.17) is 9.47 Å². The van der Waals surface area contributed by atoms with Crippen LogP contribution in [-0.2, 0) is 14.3 Å². The standard InChI is InChI=1S/C11H13FO3/c1-2-14-11(13)10-5-7-3-4-8(12)6-9(7)15-10/h4,6-7,10H,2-3,5H2,1H3. The van der Waals surface area contributed by atoms with Crippen LogP contribution in [0.15, 0.2) is 23.7 Å². The first-order chi connectivity index (χ1) is 7.20. The van der Waals surface area contributed by atoms with Crippen LogP contribution in [0.4, 0.5) is 4.39 Å². The molecule has 0 aromatic heterocycles. The van der Waals surface area contributed by atoms with Gasteiger partial charge in [-0.05, 0) is 19.4 Å². The number of hydrogen-bond donors (Lipinski definition) is 0. The number of halogens is 1. The average Bonchev–Trinajstić information content (AvgIpc) is 2.60. The zero-order valence-electron chi connectivity index (χ0n) is 8.53. The molecule has 0 bridgehead atoms. The van der Waals surface area contributed by atoms with Crippen molar-refractivity contribution in [3.8, 4) is 0 Å². The van der Waals surface area contributed by atoms with Crippen LogP contribution >= 0.6 is 0 Å². The van der Waals surface area contributed by atoms with Crippen LogP contribution in [0.2, 0.25) is 0 Å². The molecule has 1 fully saturated rings. The number of ether oxygens (including phenoxy) is 2. The van der Waals surface area contributed by atoms with Gasteiger partial charge in [-0.2, -0.15) is 0 Å². The Kier molecular flexibility index (Phi) is 2.75. The molecule has 0 aromatic rings. The molecule has 2 atom stereocenters. The van der Waals surface area contributed by atoms with Gasteiger partial charge in [0.25, 0.3) is 0 Å². The highest BCUT2D eigenvalue weighted by molar-refractivity contribution is 5.75. The molecule has 0 amide bonds. The van der Waals surface area contributed by atoms with Crippen LogP contribution in [-0.4, -0.2) is 18.7 Å². The molecule has 1 aliphatic carbocycles. The Morgan fingerprint density at radius 1 is 1.73 bits per heavy atom. The fourth-order valence-corrected chi connectivity index (χ4v) is 1.88. The van der Waals surface area contributed by atoms with Crippen molar-refractivity contribution in [1.82, 2.24) is 0 Å². The maximum absolute atomic E-state index is 12.9. The molecule has 3 nitrogen and oxygen atoms in total. The molecule has 15 heavy (non-hydrogen) atoms. The smallest absolute Gasteiger partial charge is 0.347 e. The van der Waals surface area contributed by atoms with E-state index >= 15 is 0 Å². The van der Waals surface area contributed by atoms with Gasteiger partial charge in [-0.15, -0.1) is 0 Å². The monoisotopic (exact) mass is 212 g/mol. The first kappa shape index (κ1) is 10.2. The van der Waals surface area contributed by atoms with E-state index in [-0.39, 0.29) is 17.7 Å². The van der Waals surface area contributed by atoms with Gasteiger partial charge in [-0.3, -0.25) is 0 Å². The number of carbonyl (C=O) groups excluding carboxylic acids is 1. The Balaban J connectivity index is 2.01. The summed E-state index contributed by atoms with van der Waals surface area (Å²) < 4.78 is 23.1. The maximum Gasteiger partial charge on any atom is 0.347 e. The van der Waals surface area contributed by atoms with E-state index in [9.17, 15) is 9.18 Å². The van der Waals surface area contributed by atoms with Crippen molar-refractivity contribution < 1.29 is 18.7 Å². The molecule has 1 saturated heterocycles. The summed E-state index contributed by atoms with van der Waals surface area (Å²) in [6, 6.07) is 0. The van der Waals surface area contributed by atoms with Gasteiger partial charge >= 0.3 is 5.97 Å². The van der Waals surface area contributed by atoms with Crippen molar-refractivity contribution in [2.24, 2.45) is 5.92 Å². The first-order valence-corrected chi connectivity index (χ1v) is 5.11. The number of fused-ring (bicyclic) bond motifs is 1. The Bertz CT molecular complexity index is 333. The lowest BCUT2D eigenvalue weighted by molar-refractivity contribution is -0.152. The molecule has 1 aliphatic heterocycles. The second kappa shape index (κ2) is 4.04. The van der Waals surface area contributed by atoms with Gasteiger partial charge in [-0.1, -0.05) is 0 Å². The van der Waals surface area contributed by atoms with Crippen molar-refractivity contribution >= 4 is 5.97 Å². The summed E-state index contributed by atoms with van der Waals surface area (Å²) in [7, 11) is 0. The van der Waals surface area contributed by atoms with Gasteiger partial charge in [0, 0.05) is 18.4 Å². The topological polar surface area (TPSA) is 35.5 Å². The van der Waals surface area contributed by atoms with Crippen LogP contribution in [0.25, 0.3) is 0 Å². The highest BCUT2D eigenvalue weighted by Crippen LogP contribution is 2.37. The highest BCUT2D eigenvalue weighted by atomic mass is 19.1. The molecule has 4 heteroatoms. The number of allylic oxidation sites excluding steroid dienone is 4. The SMILES string of the molecule is CCOC(=O)C1CC2CC=C(F)C=C2O1. The van der Waals surface area contributed by atoms with E-state index < -0.39 is 6.10 Å². The van der Waals surface area contributed by atoms with Crippen LogP contribution in [0.3, 0.4) is 0 Å². The highest BCUT2D eigenvalue weighted by Gasteiger charge is 2.37. The summed E-state index contributed by atoms with van der Waals surface area (Å²) in [6.45, 7) is 2.09. The van der Waals surface area contributed by atoms with Gasteiger partial charge < -0.3 is 9.47 Å². The number of hydrogen-bond acceptors (Lipinski definition) is 3. The average molecular weight is 212 g/mol. The van der Waals surface area contributed by atoms with Crippen molar-refractivity contribution in [3.63, 3.8) is 0 Å². The molecule has 1 heterocycles. The summed E-state index contributed by atoms with van der Waals surface area (Å²) in [5.41, 5.74) is 0. The van der Waals surface area contributed by atoms with Crippen LogP contribution in [0, 0.1) is 5.92 Å². The number of esters is 1. The molecule has 2 rings (SSSR count). The van der Waals surface area contributed by atoms with E-state index in [0.717, 1.165) is 0 Å². The molecule has 2 unspecified atom stereocenters. The third kappa shape index (κ3) is 2.03. The first-order valence-electron chi connectivity index (χ1n) is 5.11. The Hall–Kier alpha value is -1.32. The van der Waals surface area contributed by atoms with E-state index in [1.807, 2.05) is 0 Å². The molecular weight excluding hydrogens is 199 g/mol. The molecule has 0 spiro atoms. The van der Waals surface area contributed by atoms with E-state index in [2.05, 4.69) is 0 Å². The lowest BCUT2D eigenvalue weighted by Crippen LogP contribution is -2.22. The molecule has 0 saturated carbocycles. The normalized spacial score (nSPS) is 28.7. The summed E-state index contributed by atoms with van der Waals surface area (Å²) >= 11 is 0. The molecule has 2 aliphatic rings. The quantitative estimate of drug-likeness (QED) is 0.657. The summed E-state index contributed by atoms with van der Waals surface area (Å²) in [4.78, 5) is 11.4. The number of rotatable bonds is 2. The fourth-order valence-electron chi connectivity index (χ4n) is 1.88. The third-order valence-electron chi connectivity index (χ3n) is 2.61. The molecular formula is C11H13FO3. The largest absolute Gasteiger partial charge is 0.483 e. The predicted octanol–water partition coefficient (Wildman–Crippen LogP) is 2.10. The van der Waals surface area contributed by atoms with Gasteiger partial charge in [0.05, 0.1) is 6.61 Å². The Morgan fingerprint density at radius 2 is 2.53 bits per heavy atom. The second-order valence-electron chi connectivity index (χ2n) is 3.66. The Labute approximate surface area is 87.6 Å². The Morgan fingerprint density at radius 3 is 3.27 bits per heavy atom. The van der Waals surface area contributed by atoms with Gasteiger partial charge in [0.1, 0.15) is 11.6 Å². The minimum atomic E-state index is -0.555. The minimum Gasteiger partial charge on any atom is -0.483 e. The van der Waals surface area contributed by atoms with E-state index in [1.165, 1.54) is 12.2 Å². The van der Waals surface area contributed by atoms with Crippen LogP contribution in [0.1, 0.15) is 19.8 Å². The summed E-state index contributed by atoms with van der Waals surface area (Å²) in [6.07, 6.45) is 3.51. The van der Waals surface area contributed by atoms with Gasteiger partial charge in [-0.25, -0.2) is 9.18 Å². The van der Waals surface area contributed by atoms with Gasteiger partial charge in [0.2, 0.25) is 0 Å². The maximum atomic E-state index is 12.9. The molecule has 0 radical (unpaired) electrons. The van der Waals surface area contributed by atoms with Crippen LogP contribution < -0.4 is 0 Å². The summed E-state index contributed by atoms with van der Waals surface area (Å²) in [5.74, 6) is 0.0749. The fraction of sp³-hybridized carbons (Fsp3) is 0.545. The number of carbonyl (C=O) groups is 1. The second-order valence-corrected chi connectivity index (χ2v) is 3.66. The molecule has 0 aromatic carbocycles. The lowest BCUT2D eigenvalue weighted by Gasteiger charge is -2.11. The zero-order chi connectivity index (χ0) is 10.8. The van der Waals surface area contributed by atoms with Crippen molar-refractivity contribution in [2.75, 3.05) is 6.61 Å². The van der Waals surface area contributed by atoms with Gasteiger partial charge in [0.15, 0.2) is 6.10 Å². The van der Waals surface area contributed by atoms with E-state index in [1.54, 1.807) is 6.92 Å². The zero-order valence-corrected chi connectivity index (χ0v) is 8.53. The third-order valence-corrected chi connectivity index (χ3v) is 2.61. The van der Waals surface area contributed by atoms with Crippen molar-refractivity contribution in [3.05, 3.63) is 23.7 Å².